The summed E-state index contributed by atoms with van der Waals surface area (Å²) in [5, 5.41) is 4.02. The molecule has 1 aromatic carbocycles. The molecule has 1 aliphatic carbocycles. The maximum atomic E-state index is 12.0. The van der Waals surface area contributed by atoms with E-state index < -0.39 is 9.75 Å². The predicted octanol–water partition coefficient (Wildman–Crippen LogP) is 3.93. The lowest BCUT2D eigenvalue weighted by molar-refractivity contribution is -0.125. The van der Waals surface area contributed by atoms with E-state index in [0.717, 1.165) is 23.4 Å². The van der Waals surface area contributed by atoms with Crippen LogP contribution in [0.3, 0.4) is 0 Å². The molecule has 21 heavy (non-hydrogen) atoms. The topological polar surface area (TPSA) is 42.0 Å². The van der Waals surface area contributed by atoms with Gasteiger partial charge in [-0.3, -0.25) is 4.79 Å². The van der Waals surface area contributed by atoms with E-state index in [2.05, 4.69) is 16.4 Å². The number of benzene rings is 1. The maximum Gasteiger partial charge on any atom is 0.229 e. The highest BCUT2D eigenvalue weighted by atomic mass is 35.5. The van der Waals surface area contributed by atoms with Crippen LogP contribution in [0.2, 0.25) is 0 Å². The first kappa shape index (κ1) is 15.1. The van der Waals surface area contributed by atoms with Gasteiger partial charge in [-0.05, 0) is 31.9 Å². The SMILES string of the molecule is C[C@@]1(C(=O)NCCCc2nc3ccccc3s2)CC1(Cl)Cl. The van der Waals surface area contributed by atoms with Crippen molar-refractivity contribution in [3.63, 3.8) is 0 Å². The number of para-hydroxylation sites is 1. The standard InChI is InChI=1S/C15H16Cl2N2OS/c1-14(9-15(14,16)17)13(20)18-8-4-7-12-19-10-5-2-3-6-11(10)21-12/h2-3,5-6H,4,7-9H2,1H3,(H,18,20)/t14-/m0/s1. The number of carbonyl (C=O) groups excluding carboxylic acids is 1. The molecule has 112 valence electrons. The summed E-state index contributed by atoms with van der Waals surface area (Å²) in [4.78, 5) is 16.6. The summed E-state index contributed by atoms with van der Waals surface area (Å²) >= 11 is 13.7. The largest absolute Gasteiger partial charge is 0.356 e. The summed E-state index contributed by atoms with van der Waals surface area (Å²) in [6, 6.07) is 8.11. The van der Waals surface area contributed by atoms with Crippen LogP contribution in [-0.4, -0.2) is 21.8 Å². The molecular formula is C15H16Cl2N2OS. The number of nitrogens with zero attached hydrogens (tertiary/aromatic N) is 1. The molecule has 0 aliphatic heterocycles. The van der Waals surface area contributed by atoms with Crippen molar-refractivity contribution >= 4 is 50.7 Å². The lowest BCUT2D eigenvalue weighted by Crippen LogP contribution is -2.34. The fourth-order valence-electron chi connectivity index (χ4n) is 2.31. The van der Waals surface area contributed by atoms with E-state index in [0.29, 0.717) is 13.0 Å². The van der Waals surface area contributed by atoms with E-state index in [1.165, 1.54) is 4.70 Å². The zero-order valence-corrected chi connectivity index (χ0v) is 14.0. The van der Waals surface area contributed by atoms with Gasteiger partial charge in [0.25, 0.3) is 0 Å². The number of thiazole rings is 1. The molecule has 0 spiro atoms. The molecule has 1 saturated carbocycles. The average molecular weight is 343 g/mol. The number of hydrogen-bond donors (Lipinski definition) is 1. The lowest BCUT2D eigenvalue weighted by Gasteiger charge is -2.12. The minimum absolute atomic E-state index is 0.0585. The van der Waals surface area contributed by atoms with E-state index in [1.807, 2.05) is 18.2 Å². The van der Waals surface area contributed by atoms with Crippen LogP contribution in [0.5, 0.6) is 0 Å². The Morgan fingerprint density at radius 1 is 1.43 bits per heavy atom. The van der Waals surface area contributed by atoms with Crippen molar-refractivity contribution in [3.05, 3.63) is 29.3 Å². The van der Waals surface area contributed by atoms with E-state index in [9.17, 15) is 4.79 Å². The molecule has 1 aliphatic rings. The summed E-state index contributed by atoms with van der Waals surface area (Å²) in [5.74, 6) is -0.0585. The van der Waals surface area contributed by atoms with Gasteiger partial charge in [0.05, 0.1) is 20.6 Å². The third kappa shape index (κ3) is 2.89. The van der Waals surface area contributed by atoms with E-state index in [1.54, 1.807) is 18.3 Å². The van der Waals surface area contributed by atoms with Crippen LogP contribution in [0.4, 0.5) is 0 Å². The number of aryl methyl sites for hydroxylation is 1. The third-order valence-electron chi connectivity index (χ3n) is 3.95. The smallest absolute Gasteiger partial charge is 0.229 e. The fourth-order valence-corrected chi connectivity index (χ4v) is 4.02. The zero-order chi connectivity index (χ0) is 15.1. The Morgan fingerprint density at radius 2 is 2.14 bits per heavy atom. The minimum Gasteiger partial charge on any atom is -0.356 e. The molecule has 1 fully saturated rings. The van der Waals surface area contributed by atoms with Crippen LogP contribution in [0, 0.1) is 5.41 Å². The van der Waals surface area contributed by atoms with Gasteiger partial charge in [0.15, 0.2) is 0 Å². The lowest BCUT2D eigenvalue weighted by atomic mass is 10.1. The molecule has 6 heteroatoms. The quantitative estimate of drug-likeness (QED) is 0.660. The van der Waals surface area contributed by atoms with E-state index in [-0.39, 0.29) is 5.91 Å². The number of fused-ring (bicyclic) bond motifs is 1. The second-order valence-electron chi connectivity index (χ2n) is 5.65. The molecule has 1 amide bonds. The van der Waals surface area contributed by atoms with Crippen molar-refractivity contribution < 1.29 is 4.79 Å². The summed E-state index contributed by atoms with van der Waals surface area (Å²) < 4.78 is 0.306. The van der Waals surface area contributed by atoms with Gasteiger partial charge in [-0.1, -0.05) is 12.1 Å². The zero-order valence-electron chi connectivity index (χ0n) is 11.7. The molecule has 2 aromatic rings. The molecule has 3 rings (SSSR count). The van der Waals surface area contributed by atoms with Crippen molar-refractivity contribution in [2.75, 3.05) is 6.54 Å². The van der Waals surface area contributed by atoms with Gasteiger partial charge >= 0.3 is 0 Å². The normalized spacial score (nSPS) is 23.2. The first-order valence-corrected chi connectivity index (χ1v) is 8.50. The Labute approximate surface area is 137 Å². The van der Waals surface area contributed by atoms with Crippen molar-refractivity contribution in [2.24, 2.45) is 5.41 Å². The van der Waals surface area contributed by atoms with Crippen LogP contribution in [0.1, 0.15) is 24.8 Å². The Balaban J connectivity index is 1.47. The maximum absolute atomic E-state index is 12.0. The second kappa shape index (κ2) is 5.41. The highest BCUT2D eigenvalue weighted by Gasteiger charge is 2.67. The number of rotatable bonds is 5. The summed E-state index contributed by atoms with van der Waals surface area (Å²) in [7, 11) is 0. The molecule has 1 aromatic heterocycles. The number of alkyl halides is 2. The van der Waals surface area contributed by atoms with Crippen LogP contribution in [-0.2, 0) is 11.2 Å². The molecule has 0 saturated heterocycles. The van der Waals surface area contributed by atoms with Crippen LogP contribution < -0.4 is 5.32 Å². The van der Waals surface area contributed by atoms with Crippen molar-refractivity contribution in [1.82, 2.24) is 10.3 Å². The Morgan fingerprint density at radius 3 is 2.81 bits per heavy atom. The molecule has 1 N–H and O–H groups in total. The summed E-state index contributed by atoms with van der Waals surface area (Å²) in [6.07, 6.45) is 2.25. The molecule has 1 heterocycles. The first-order valence-electron chi connectivity index (χ1n) is 6.93. The second-order valence-corrected chi connectivity index (χ2v) is 8.25. The van der Waals surface area contributed by atoms with Crippen LogP contribution >= 0.6 is 34.5 Å². The van der Waals surface area contributed by atoms with Gasteiger partial charge in [-0.2, -0.15) is 0 Å². The number of nitrogens with one attached hydrogen (secondary N) is 1. The average Bonchev–Trinajstić information content (AvgIpc) is 2.82. The molecule has 3 nitrogen and oxygen atoms in total. The number of aromatic nitrogens is 1. The fraction of sp³-hybridized carbons (Fsp3) is 0.467. The number of amides is 1. The highest BCUT2D eigenvalue weighted by Crippen LogP contribution is 2.63. The predicted molar refractivity (Wildman–Crippen MR) is 88.1 cm³/mol. The highest BCUT2D eigenvalue weighted by molar-refractivity contribution is 7.18. The molecule has 1 atom stereocenters. The molecule has 0 unspecified atom stereocenters. The Kier molecular flexibility index (Phi) is 3.89. The van der Waals surface area contributed by atoms with Crippen molar-refractivity contribution in [2.45, 2.75) is 30.5 Å². The minimum atomic E-state index is -0.899. The first-order chi connectivity index (χ1) is 9.92. The van der Waals surface area contributed by atoms with Crippen molar-refractivity contribution in [3.8, 4) is 0 Å². The molecule has 0 bridgehead atoms. The van der Waals surface area contributed by atoms with Gasteiger partial charge in [-0.15, -0.1) is 34.5 Å². The van der Waals surface area contributed by atoms with E-state index >= 15 is 0 Å². The van der Waals surface area contributed by atoms with Gasteiger partial charge in [-0.25, -0.2) is 4.98 Å². The van der Waals surface area contributed by atoms with Gasteiger partial charge in [0.2, 0.25) is 5.91 Å². The number of hydrogen-bond acceptors (Lipinski definition) is 3. The van der Waals surface area contributed by atoms with E-state index in [4.69, 9.17) is 23.2 Å². The summed E-state index contributed by atoms with van der Waals surface area (Å²) in [6.45, 7) is 2.42. The molecule has 0 radical (unpaired) electrons. The summed E-state index contributed by atoms with van der Waals surface area (Å²) in [5.41, 5.74) is 0.410. The van der Waals surface area contributed by atoms with Gasteiger partial charge in [0, 0.05) is 13.0 Å². The van der Waals surface area contributed by atoms with Crippen LogP contribution in [0.25, 0.3) is 10.2 Å². The van der Waals surface area contributed by atoms with Crippen LogP contribution in [0.15, 0.2) is 24.3 Å². The Hall–Kier alpha value is -0.840. The number of carbonyl (C=O) groups is 1. The van der Waals surface area contributed by atoms with Gasteiger partial charge in [0.1, 0.15) is 4.33 Å². The van der Waals surface area contributed by atoms with Gasteiger partial charge < -0.3 is 5.32 Å². The third-order valence-corrected chi connectivity index (χ3v) is 6.15. The van der Waals surface area contributed by atoms with Crippen molar-refractivity contribution in [1.29, 1.82) is 0 Å². The number of halogens is 2. The monoisotopic (exact) mass is 342 g/mol. The molecular weight excluding hydrogens is 327 g/mol. The Bertz CT molecular complexity index is 652.